The molecular weight excluding hydrogens is 751 g/mol. The van der Waals surface area contributed by atoms with Crippen LogP contribution in [0.1, 0.15) is 44.5 Å². The Balaban J connectivity index is 0.000000161. The second-order valence-electron chi connectivity index (χ2n) is 13.0. The van der Waals surface area contributed by atoms with Crippen LogP contribution in [0.5, 0.6) is 0 Å². The molecule has 0 aliphatic rings. The highest BCUT2D eigenvalue weighted by atomic mass is 32.1. The summed E-state index contributed by atoms with van der Waals surface area (Å²) < 4.78 is 4.05. The van der Waals surface area contributed by atoms with Gasteiger partial charge in [-0.3, -0.25) is 0 Å². The lowest BCUT2D eigenvalue weighted by Gasteiger charge is -2.08. The molecule has 57 heavy (non-hydrogen) atoms. The Bertz CT molecular complexity index is 2790. The van der Waals surface area contributed by atoms with Gasteiger partial charge in [0.05, 0.1) is 56.0 Å². The number of aromatic nitrogens is 9. The van der Waals surface area contributed by atoms with Crippen LogP contribution in [0.3, 0.4) is 0 Å². The lowest BCUT2D eigenvalue weighted by atomic mass is 10.1. The first-order chi connectivity index (χ1) is 28.0. The van der Waals surface area contributed by atoms with Gasteiger partial charge in [0.2, 0.25) is 11.9 Å². The number of imidazole rings is 1. The Labute approximate surface area is 335 Å². The molecule has 2 unspecified atom stereocenters. The van der Waals surface area contributed by atoms with Crippen molar-refractivity contribution in [1.29, 1.82) is 10.5 Å². The van der Waals surface area contributed by atoms with Gasteiger partial charge in [0.1, 0.15) is 21.9 Å². The van der Waals surface area contributed by atoms with Gasteiger partial charge >= 0.3 is 0 Å². The van der Waals surface area contributed by atoms with Crippen molar-refractivity contribution in [1.82, 2.24) is 44.4 Å². The summed E-state index contributed by atoms with van der Waals surface area (Å²) in [5.74, 6) is -0.000183. The summed E-state index contributed by atoms with van der Waals surface area (Å²) in [7, 11) is 1.95. The predicted molar refractivity (Wildman–Crippen MR) is 224 cm³/mol. The van der Waals surface area contributed by atoms with Gasteiger partial charge in [-0.1, -0.05) is 42.5 Å². The van der Waals surface area contributed by atoms with E-state index < -0.39 is 11.8 Å². The Morgan fingerprint density at radius 2 is 1.25 bits per heavy atom. The topological polar surface area (TPSA) is 183 Å². The standard InChI is InChI=1S/C23H18N6S.C19H17N7S/c24-13-17(22-28-20-7-3-4-8-21(20)30-22)19-10-12-26-23(29-19)25-11-9-15-14-27-18-6-2-1-5-16(15)18;1-26-11-13(23-12-26)6-8-21-19-22-9-7-15(25-19)14(10-20)18-24-16-4-2-3-5-17(16)27-18/h1-8,10,12,14,17,27H,9,11H2,(H,25,26,29);2-5,7,9,11-12,14H,6,8H2,1H3,(H,21,22,25). The number of thiazole rings is 2. The van der Waals surface area contributed by atoms with Gasteiger partial charge in [-0.15, -0.1) is 22.7 Å². The van der Waals surface area contributed by atoms with E-state index in [4.69, 9.17) is 0 Å². The third kappa shape index (κ3) is 8.60. The molecule has 0 bridgehead atoms. The van der Waals surface area contributed by atoms with E-state index in [9.17, 15) is 10.5 Å². The molecular formula is C42H35N13S2. The van der Waals surface area contributed by atoms with Crippen LogP contribution >= 0.6 is 22.7 Å². The third-order valence-corrected chi connectivity index (χ3v) is 11.3. The molecule has 0 amide bonds. The van der Waals surface area contributed by atoms with Gasteiger partial charge in [-0.25, -0.2) is 34.9 Å². The molecule has 0 saturated carbocycles. The Morgan fingerprint density at radius 3 is 1.81 bits per heavy atom. The van der Waals surface area contributed by atoms with E-state index in [1.165, 1.54) is 33.6 Å². The minimum Gasteiger partial charge on any atom is -0.361 e. The number of aryl methyl sites for hydroxylation is 1. The van der Waals surface area contributed by atoms with Crippen molar-refractivity contribution in [3.05, 3.63) is 149 Å². The van der Waals surface area contributed by atoms with Crippen LogP contribution in [0.4, 0.5) is 11.9 Å². The van der Waals surface area contributed by atoms with Gasteiger partial charge in [0.25, 0.3) is 0 Å². The smallest absolute Gasteiger partial charge is 0.222 e. The fourth-order valence-electron chi connectivity index (χ4n) is 6.31. The maximum atomic E-state index is 9.78. The largest absolute Gasteiger partial charge is 0.361 e. The van der Waals surface area contributed by atoms with Gasteiger partial charge < -0.3 is 20.2 Å². The van der Waals surface area contributed by atoms with Crippen LogP contribution in [0, 0.1) is 22.7 Å². The molecule has 0 radical (unpaired) electrons. The van der Waals surface area contributed by atoms with Gasteiger partial charge in [0, 0.05) is 62.2 Å². The molecule has 6 heterocycles. The molecule has 13 nitrogen and oxygen atoms in total. The van der Waals surface area contributed by atoms with Crippen molar-refractivity contribution in [3.63, 3.8) is 0 Å². The predicted octanol–water partition coefficient (Wildman–Crippen LogP) is 8.01. The SMILES string of the molecule is Cn1cnc(CCNc2nccc(C(C#N)c3nc4ccccc4s3)n2)c1.N#CC(c1ccnc(NCCc2c[nH]c3ccccc23)n1)c1nc2ccccc2s1. The summed E-state index contributed by atoms with van der Waals surface area (Å²) in [6, 6.07) is 32.3. The number of fused-ring (bicyclic) bond motifs is 3. The number of nitrogens with zero attached hydrogens (tertiary/aromatic N) is 10. The average molecular weight is 786 g/mol. The highest BCUT2D eigenvalue weighted by Crippen LogP contribution is 2.32. The van der Waals surface area contributed by atoms with Crippen molar-refractivity contribution in [2.45, 2.75) is 24.7 Å². The summed E-state index contributed by atoms with van der Waals surface area (Å²) in [5, 5.41) is 28.7. The number of nitriles is 2. The van der Waals surface area contributed by atoms with E-state index in [2.05, 4.69) is 74.8 Å². The van der Waals surface area contributed by atoms with Crippen LogP contribution in [0.15, 0.2) is 116 Å². The van der Waals surface area contributed by atoms with Crippen molar-refractivity contribution >= 4 is 65.9 Å². The molecule has 6 aromatic heterocycles. The van der Waals surface area contributed by atoms with Gasteiger partial charge in [-0.2, -0.15) is 10.5 Å². The molecule has 0 saturated heterocycles. The van der Waals surface area contributed by atoms with Crippen LogP contribution in [0.2, 0.25) is 0 Å². The molecule has 3 aromatic carbocycles. The van der Waals surface area contributed by atoms with Gasteiger partial charge in [0.15, 0.2) is 0 Å². The number of rotatable bonds is 12. The number of benzene rings is 3. The molecule has 0 spiro atoms. The Kier molecular flexibility index (Phi) is 11.1. The number of anilines is 2. The number of nitrogens with one attached hydrogen (secondary N) is 3. The maximum absolute atomic E-state index is 9.78. The lowest BCUT2D eigenvalue weighted by molar-refractivity contribution is 0.903. The van der Waals surface area contributed by atoms with Crippen molar-refractivity contribution in [2.24, 2.45) is 7.05 Å². The summed E-state index contributed by atoms with van der Waals surface area (Å²) in [6.45, 7) is 1.36. The van der Waals surface area contributed by atoms with E-state index in [1.54, 1.807) is 30.9 Å². The zero-order valence-corrected chi connectivity index (χ0v) is 32.4. The summed E-state index contributed by atoms with van der Waals surface area (Å²) in [4.78, 5) is 34.5. The van der Waals surface area contributed by atoms with Crippen LogP contribution in [0.25, 0.3) is 31.3 Å². The summed E-state index contributed by atoms with van der Waals surface area (Å²) >= 11 is 3.05. The highest BCUT2D eigenvalue weighted by Gasteiger charge is 2.21. The number of hydrogen-bond donors (Lipinski definition) is 3. The first-order valence-electron chi connectivity index (χ1n) is 18.2. The fourth-order valence-corrected chi connectivity index (χ4v) is 8.36. The number of hydrogen-bond acceptors (Lipinski definition) is 13. The van der Waals surface area contributed by atoms with Crippen molar-refractivity contribution in [2.75, 3.05) is 23.7 Å². The molecule has 0 aliphatic heterocycles. The molecule has 15 heteroatoms. The monoisotopic (exact) mass is 785 g/mol. The van der Waals surface area contributed by atoms with E-state index in [-0.39, 0.29) is 0 Å². The first-order valence-corrected chi connectivity index (χ1v) is 19.8. The number of aromatic amines is 1. The lowest BCUT2D eigenvalue weighted by Crippen LogP contribution is -2.10. The van der Waals surface area contributed by atoms with Crippen LogP contribution in [-0.2, 0) is 19.9 Å². The molecule has 0 fully saturated rings. The molecule has 280 valence electrons. The minimum absolute atomic E-state index is 0.504. The minimum atomic E-state index is -0.514. The fraction of sp³-hybridized carbons (Fsp3) is 0.167. The zero-order valence-electron chi connectivity index (χ0n) is 30.7. The van der Waals surface area contributed by atoms with E-state index in [0.717, 1.165) is 54.5 Å². The summed E-state index contributed by atoms with van der Waals surface area (Å²) in [6.07, 6.45) is 10.8. The first kappa shape index (κ1) is 36.9. The van der Waals surface area contributed by atoms with E-state index in [0.29, 0.717) is 36.4 Å². The van der Waals surface area contributed by atoms with Crippen LogP contribution in [-0.4, -0.2) is 57.5 Å². The normalized spacial score (nSPS) is 12.1. The van der Waals surface area contributed by atoms with Gasteiger partial charge in [-0.05, 0) is 54.4 Å². The van der Waals surface area contributed by atoms with Crippen molar-refractivity contribution < 1.29 is 0 Å². The van der Waals surface area contributed by atoms with E-state index >= 15 is 0 Å². The van der Waals surface area contributed by atoms with E-state index in [1.807, 2.05) is 84.7 Å². The second kappa shape index (κ2) is 17.2. The molecule has 2 atom stereocenters. The summed E-state index contributed by atoms with van der Waals surface area (Å²) in [5.41, 5.74) is 6.50. The molecule has 9 rings (SSSR count). The number of H-pyrrole nitrogens is 1. The second-order valence-corrected chi connectivity index (χ2v) is 15.1. The zero-order chi connectivity index (χ0) is 39.0. The van der Waals surface area contributed by atoms with Crippen molar-refractivity contribution in [3.8, 4) is 12.1 Å². The van der Waals surface area contributed by atoms with Crippen LogP contribution < -0.4 is 10.6 Å². The molecule has 9 aromatic rings. The highest BCUT2D eigenvalue weighted by molar-refractivity contribution is 7.19. The quantitative estimate of drug-likeness (QED) is 0.109. The maximum Gasteiger partial charge on any atom is 0.222 e. The third-order valence-electron chi connectivity index (χ3n) is 9.09. The molecule has 0 aliphatic carbocycles. The average Bonchev–Trinajstić information content (AvgIpc) is 4.05. The Hall–Kier alpha value is -7.07. The number of para-hydroxylation sites is 3. The Morgan fingerprint density at radius 1 is 0.684 bits per heavy atom. The molecule has 3 N–H and O–H groups in total.